The molecule has 0 fully saturated rings. The number of furan rings is 1. The number of carbonyl (C=O) groups is 1. The number of pyridine rings is 1. The molecule has 0 radical (unpaired) electrons. The van der Waals surface area contributed by atoms with Crippen molar-refractivity contribution in [1.29, 1.82) is 0 Å². The molecule has 0 aromatic carbocycles. The molecule has 6 heteroatoms. The maximum absolute atomic E-state index is 12.7. The molecule has 0 saturated heterocycles. The van der Waals surface area contributed by atoms with Crippen LogP contribution >= 0.6 is 11.3 Å². The van der Waals surface area contributed by atoms with E-state index >= 15 is 0 Å². The van der Waals surface area contributed by atoms with Crippen molar-refractivity contribution in [2.75, 3.05) is 0 Å². The van der Waals surface area contributed by atoms with Gasteiger partial charge in [-0.1, -0.05) is 6.07 Å². The van der Waals surface area contributed by atoms with Gasteiger partial charge in [-0.3, -0.25) is 9.78 Å². The molecule has 3 aromatic heterocycles. The van der Waals surface area contributed by atoms with Gasteiger partial charge in [-0.15, -0.1) is 11.3 Å². The Balaban J connectivity index is 1.74. The van der Waals surface area contributed by atoms with Gasteiger partial charge in [-0.05, 0) is 30.7 Å². The number of hydrogen-bond donors (Lipinski definition) is 0. The van der Waals surface area contributed by atoms with Gasteiger partial charge in [0.25, 0.3) is 0 Å². The number of thiazole rings is 1. The lowest BCUT2D eigenvalue weighted by Gasteiger charge is -2.21. The Labute approximate surface area is 138 Å². The average molecular weight is 327 g/mol. The van der Waals surface area contributed by atoms with Crippen LogP contribution in [-0.2, 0) is 24.3 Å². The van der Waals surface area contributed by atoms with E-state index in [4.69, 9.17) is 4.42 Å². The summed E-state index contributed by atoms with van der Waals surface area (Å²) in [6.07, 6.45) is 5.41. The first kappa shape index (κ1) is 15.4. The molecular weight excluding hydrogens is 310 g/mol. The standard InChI is InChI=1S/C17H17N3O2S/c1-13-19-15(12-23-13)8-17(21)20(11-16-5-3-7-22-16)10-14-4-2-6-18-9-14/h2-7,9,12H,8,10-11H2,1H3. The van der Waals surface area contributed by atoms with Crippen molar-refractivity contribution >= 4 is 17.2 Å². The molecule has 0 spiro atoms. The second-order valence-corrected chi connectivity index (χ2v) is 6.29. The summed E-state index contributed by atoms with van der Waals surface area (Å²) in [5.41, 5.74) is 1.80. The zero-order chi connectivity index (χ0) is 16.1. The van der Waals surface area contributed by atoms with Crippen molar-refractivity contribution < 1.29 is 9.21 Å². The highest BCUT2D eigenvalue weighted by Crippen LogP contribution is 2.14. The minimum Gasteiger partial charge on any atom is -0.467 e. The molecule has 0 aliphatic heterocycles. The van der Waals surface area contributed by atoms with Crippen LogP contribution in [0.5, 0.6) is 0 Å². The maximum atomic E-state index is 12.7. The van der Waals surface area contributed by atoms with Crippen LogP contribution in [0.2, 0.25) is 0 Å². The van der Waals surface area contributed by atoms with E-state index in [-0.39, 0.29) is 5.91 Å². The molecule has 0 saturated carbocycles. The van der Waals surface area contributed by atoms with Crippen molar-refractivity contribution in [3.63, 3.8) is 0 Å². The third-order valence-corrected chi connectivity index (χ3v) is 4.20. The summed E-state index contributed by atoms with van der Waals surface area (Å²) in [6, 6.07) is 7.53. The number of rotatable bonds is 6. The minimum atomic E-state index is 0.0237. The van der Waals surface area contributed by atoms with Gasteiger partial charge in [0.05, 0.1) is 29.9 Å². The van der Waals surface area contributed by atoms with E-state index in [9.17, 15) is 4.79 Å². The number of nitrogens with zero attached hydrogens (tertiary/aromatic N) is 3. The number of carbonyl (C=O) groups excluding carboxylic acids is 1. The Morgan fingerprint density at radius 1 is 1.30 bits per heavy atom. The first-order valence-electron chi connectivity index (χ1n) is 7.31. The van der Waals surface area contributed by atoms with Crippen molar-refractivity contribution in [2.24, 2.45) is 0 Å². The second kappa shape index (κ2) is 7.19. The minimum absolute atomic E-state index is 0.0237. The SMILES string of the molecule is Cc1nc(CC(=O)N(Cc2cccnc2)Cc2ccco2)cs1. The summed E-state index contributed by atoms with van der Waals surface area (Å²) in [5.74, 6) is 0.784. The van der Waals surface area contributed by atoms with Crippen LogP contribution < -0.4 is 0 Å². The van der Waals surface area contributed by atoms with E-state index in [0.29, 0.717) is 19.5 Å². The molecule has 0 aliphatic rings. The quantitative estimate of drug-likeness (QED) is 0.697. The highest BCUT2D eigenvalue weighted by molar-refractivity contribution is 7.09. The van der Waals surface area contributed by atoms with Gasteiger partial charge >= 0.3 is 0 Å². The molecule has 3 aromatic rings. The van der Waals surface area contributed by atoms with Crippen LogP contribution in [0.3, 0.4) is 0 Å². The molecule has 3 rings (SSSR count). The predicted molar refractivity (Wildman–Crippen MR) is 87.8 cm³/mol. The van der Waals surface area contributed by atoms with Gasteiger partial charge in [-0.25, -0.2) is 4.98 Å². The zero-order valence-electron chi connectivity index (χ0n) is 12.8. The fraction of sp³-hybridized carbons (Fsp3) is 0.235. The predicted octanol–water partition coefficient (Wildman–Crippen LogP) is 3.21. The Kier molecular flexibility index (Phi) is 4.83. The molecule has 0 atom stereocenters. The van der Waals surface area contributed by atoms with Crippen molar-refractivity contribution in [3.8, 4) is 0 Å². The summed E-state index contributed by atoms with van der Waals surface area (Å²) in [4.78, 5) is 22.9. The Bertz CT molecular complexity index is 753. The highest BCUT2D eigenvalue weighted by Gasteiger charge is 2.17. The van der Waals surface area contributed by atoms with Gasteiger partial charge in [0.15, 0.2) is 0 Å². The molecule has 0 unspecified atom stereocenters. The molecule has 23 heavy (non-hydrogen) atoms. The third kappa shape index (κ3) is 4.26. The summed E-state index contributed by atoms with van der Waals surface area (Å²) in [7, 11) is 0. The van der Waals surface area contributed by atoms with E-state index < -0.39 is 0 Å². The Morgan fingerprint density at radius 2 is 2.22 bits per heavy atom. The molecule has 1 amide bonds. The van der Waals surface area contributed by atoms with Crippen molar-refractivity contribution in [3.05, 3.63) is 70.3 Å². The zero-order valence-corrected chi connectivity index (χ0v) is 13.6. The van der Waals surface area contributed by atoms with Crippen LogP contribution in [0.15, 0.2) is 52.7 Å². The number of amides is 1. The van der Waals surface area contributed by atoms with Gasteiger partial charge in [0.1, 0.15) is 5.76 Å². The molecule has 5 nitrogen and oxygen atoms in total. The number of aryl methyl sites for hydroxylation is 1. The fourth-order valence-corrected chi connectivity index (χ4v) is 2.90. The first-order chi connectivity index (χ1) is 11.2. The monoisotopic (exact) mass is 327 g/mol. The molecule has 0 N–H and O–H groups in total. The molecule has 0 bridgehead atoms. The second-order valence-electron chi connectivity index (χ2n) is 5.23. The van der Waals surface area contributed by atoms with Crippen molar-refractivity contribution in [1.82, 2.24) is 14.9 Å². The van der Waals surface area contributed by atoms with Gasteiger partial charge in [0, 0.05) is 24.3 Å². The molecular formula is C17H17N3O2S. The van der Waals surface area contributed by atoms with E-state index in [0.717, 1.165) is 22.0 Å². The smallest absolute Gasteiger partial charge is 0.229 e. The van der Waals surface area contributed by atoms with E-state index in [1.807, 2.05) is 36.6 Å². The highest BCUT2D eigenvalue weighted by atomic mass is 32.1. The molecule has 0 aliphatic carbocycles. The van der Waals surface area contributed by atoms with E-state index in [1.165, 1.54) is 0 Å². The van der Waals surface area contributed by atoms with E-state index in [2.05, 4.69) is 9.97 Å². The largest absolute Gasteiger partial charge is 0.467 e. The normalized spacial score (nSPS) is 10.7. The van der Waals surface area contributed by atoms with Crippen LogP contribution in [-0.4, -0.2) is 20.8 Å². The average Bonchev–Trinajstić information content (AvgIpc) is 3.19. The summed E-state index contributed by atoms with van der Waals surface area (Å²) < 4.78 is 5.38. The van der Waals surface area contributed by atoms with Crippen LogP contribution in [0.1, 0.15) is 22.0 Å². The van der Waals surface area contributed by atoms with Gasteiger partial charge in [0.2, 0.25) is 5.91 Å². The third-order valence-electron chi connectivity index (χ3n) is 3.37. The number of aromatic nitrogens is 2. The van der Waals surface area contributed by atoms with Crippen LogP contribution in [0.4, 0.5) is 0 Å². The molecule has 118 valence electrons. The van der Waals surface area contributed by atoms with Gasteiger partial charge < -0.3 is 9.32 Å². The van der Waals surface area contributed by atoms with Crippen molar-refractivity contribution in [2.45, 2.75) is 26.4 Å². The fourth-order valence-electron chi connectivity index (χ4n) is 2.29. The lowest BCUT2D eigenvalue weighted by molar-refractivity contribution is -0.132. The Hall–Kier alpha value is -2.47. The maximum Gasteiger partial charge on any atom is 0.229 e. The lowest BCUT2D eigenvalue weighted by Crippen LogP contribution is -2.31. The lowest BCUT2D eigenvalue weighted by atomic mass is 10.2. The van der Waals surface area contributed by atoms with E-state index in [1.54, 1.807) is 34.9 Å². The van der Waals surface area contributed by atoms with Crippen LogP contribution in [0.25, 0.3) is 0 Å². The van der Waals surface area contributed by atoms with Crippen LogP contribution in [0, 0.1) is 6.92 Å². The van der Waals surface area contributed by atoms with Gasteiger partial charge in [-0.2, -0.15) is 0 Å². The summed E-state index contributed by atoms with van der Waals surface area (Å²) in [5, 5.41) is 2.90. The topological polar surface area (TPSA) is 59.2 Å². The first-order valence-corrected chi connectivity index (χ1v) is 8.19. The summed E-state index contributed by atoms with van der Waals surface area (Å²) in [6.45, 7) is 2.87. The number of hydrogen-bond acceptors (Lipinski definition) is 5. The Morgan fingerprint density at radius 3 is 2.87 bits per heavy atom. The summed E-state index contributed by atoms with van der Waals surface area (Å²) >= 11 is 1.56. The molecule has 3 heterocycles.